The topological polar surface area (TPSA) is 42.5 Å². The summed E-state index contributed by atoms with van der Waals surface area (Å²) in [5.41, 5.74) is 2.97. The lowest BCUT2D eigenvalue weighted by atomic mass is 10.2. The number of benzene rings is 3. The highest BCUT2D eigenvalue weighted by atomic mass is 35.5. The molecule has 0 amide bonds. The molecule has 1 heterocycles. The molecule has 3 aromatic carbocycles. The van der Waals surface area contributed by atoms with Crippen LogP contribution in [0.2, 0.25) is 0 Å². The van der Waals surface area contributed by atoms with E-state index in [9.17, 15) is 0 Å². The van der Waals surface area contributed by atoms with Gasteiger partial charge in [0.15, 0.2) is 5.84 Å². The molecule has 29 heavy (non-hydrogen) atoms. The number of alkyl halides is 1. The van der Waals surface area contributed by atoms with Crippen molar-refractivity contribution in [1.82, 2.24) is 8.94 Å². The van der Waals surface area contributed by atoms with E-state index < -0.39 is 0 Å². The molecule has 144 valence electrons. The minimum Gasteiger partial charge on any atom is -0.298 e. The molecule has 0 saturated heterocycles. The van der Waals surface area contributed by atoms with Crippen molar-refractivity contribution in [2.45, 2.75) is 12.4 Å². The third kappa shape index (κ3) is 4.88. The van der Waals surface area contributed by atoms with Gasteiger partial charge in [-0.15, -0.1) is 11.6 Å². The number of aliphatic imine (C=N–C) groups is 1. The van der Waals surface area contributed by atoms with Gasteiger partial charge in [0, 0.05) is 17.1 Å². The van der Waals surface area contributed by atoms with E-state index in [1.807, 2.05) is 78.9 Å². The molecule has 0 aliphatic carbocycles. The van der Waals surface area contributed by atoms with Gasteiger partial charge in [0.05, 0.1) is 18.1 Å². The molecular formula is C23H19ClN4S. The van der Waals surface area contributed by atoms with E-state index in [1.54, 1.807) is 0 Å². The lowest BCUT2D eigenvalue weighted by molar-refractivity contribution is 0.723. The van der Waals surface area contributed by atoms with Crippen LogP contribution in [0.25, 0.3) is 0 Å². The number of nitrogens with zero attached hydrogens (tertiary/aromatic N) is 4. The first-order chi connectivity index (χ1) is 14.3. The van der Waals surface area contributed by atoms with Gasteiger partial charge in [0.25, 0.3) is 0 Å². The van der Waals surface area contributed by atoms with E-state index in [2.05, 4.69) is 21.1 Å². The Bertz CT molecular complexity index is 1150. The Morgan fingerprint density at radius 1 is 0.862 bits per heavy atom. The van der Waals surface area contributed by atoms with Crippen LogP contribution >= 0.6 is 23.1 Å². The first kappa shape index (κ1) is 19.3. The quantitative estimate of drug-likeness (QED) is 0.242. The molecule has 0 radical (unpaired) electrons. The summed E-state index contributed by atoms with van der Waals surface area (Å²) in [5, 5.41) is 0. The van der Waals surface area contributed by atoms with Crippen LogP contribution in [0, 0.1) is 0 Å². The number of amidine groups is 1. The van der Waals surface area contributed by atoms with Crippen molar-refractivity contribution in [3.8, 4) is 0 Å². The van der Waals surface area contributed by atoms with E-state index in [4.69, 9.17) is 21.6 Å². The molecule has 0 spiro atoms. The summed E-state index contributed by atoms with van der Waals surface area (Å²) in [6, 6.07) is 30.1. The summed E-state index contributed by atoms with van der Waals surface area (Å²) in [6.45, 7) is 0.658. The fourth-order valence-corrected chi connectivity index (χ4v) is 3.88. The van der Waals surface area contributed by atoms with E-state index in [0.717, 1.165) is 21.9 Å². The van der Waals surface area contributed by atoms with Crippen LogP contribution in [0.4, 0.5) is 5.69 Å². The number of rotatable bonds is 5. The van der Waals surface area contributed by atoms with Crippen molar-refractivity contribution in [3.63, 3.8) is 0 Å². The van der Waals surface area contributed by atoms with E-state index in [1.165, 1.54) is 17.1 Å². The third-order valence-electron chi connectivity index (χ3n) is 4.30. The Morgan fingerprint density at radius 3 is 2.14 bits per heavy atom. The largest absolute Gasteiger partial charge is 0.298 e. The van der Waals surface area contributed by atoms with E-state index >= 15 is 0 Å². The zero-order valence-electron chi connectivity index (χ0n) is 15.6. The number of aromatic nitrogens is 2. The van der Waals surface area contributed by atoms with Gasteiger partial charge in [-0.1, -0.05) is 78.9 Å². The molecule has 4 aromatic rings. The normalized spacial score (nSPS) is 12.3. The molecule has 4 nitrogen and oxygen atoms in total. The minimum atomic E-state index is 0.329. The average molecular weight is 419 g/mol. The summed E-state index contributed by atoms with van der Waals surface area (Å²) in [7, 11) is 0. The van der Waals surface area contributed by atoms with E-state index in [-0.39, 0.29) is 0 Å². The van der Waals surface area contributed by atoms with Crippen molar-refractivity contribution in [1.29, 1.82) is 0 Å². The van der Waals surface area contributed by atoms with Crippen LogP contribution in [0.15, 0.2) is 101 Å². The van der Waals surface area contributed by atoms with Crippen LogP contribution in [-0.4, -0.2) is 14.8 Å². The van der Waals surface area contributed by atoms with Crippen LogP contribution in [0.1, 0.15) is 17.0 Å². The van der Waals surface area contributed by atoms with Gasteiger partial charge in [-0.25, -0.2) is 4.99 Å². The predicted molar refractivity (Wildman–Crippen MR) is 120 cm³/mol. The molecule has 6 heteroatoms. The summed E-state index contributed by atoms with van der Waals surface area (Å²) in [6.07, 6.45) is 0. The van der Waals surface area contributed by atoms with Crippen LogP contribution < -0.4 is 4.80 Å². The maximum absolute atomic E-state index is 6.15. The Labute approximate surface area is 178 Å². The van der Waals surface area contributed by atoms with Gasteiger partial charge in [0.1, 0.15) is 5.82 Å². The first-order valence-corrected chi connectivity index (χ1v) is 10.5. The van der Waals surface area contributed by atoms with Gasteiger partial charge in [-0.05, 0) is 17.7 Å². The summed E-state index contributed by atoms with van der Waals surface area (Å²) in [4.78, 5) is 10.5. The highest BCUT2D eigenvalue weighted by molar-refractivity contribution is 7.02. The lowest BCUT2D eigenvalue weighted by Crippen LogP contribution is -2.20. The third-order valence-corrected chi connectivity index (χ3v) is 5.32. The first-order valence-electron chi connectivity index (χ1n) is 9.22. The highest BCUT2D eigenvalue weighted by Crippen LogP contribution is 2.14. The molecule has 0 unspecified atom stereocenters. The lowest BCUT2D eigenvalue weighted by Gasteiger charge is -2.06. The molecule has 1 aromatic heterocycles. The van der Waals surface area contributed by atoms with Gasteiger partial charge in [-0.2, -0.15) is 9.37 Å². The van der Waals surface area contributed by atoms with Gasteiger partial charge < -0.3 is 0 Å². The fraction of sp³-hybridized carbons (Fsp3) is 0.0870. The molecule has 0 aliphatic heterocycles. The number of hydrogen-bond donors (Lipinski definition) is 0. The van der Waals surface area contributed by atoms with Crippen LogP contribution in [0.5, 0.6) is 0 Å². The van der Waals surface area contributed by atoms with Crippen molar-refractivity contribution < 1.29 is 0 Å². The summed E-state index contributed by atoms with van der Waals surface area (Å²) >= 11 is 7.48. The molecule has 0 fully saturated rings. The molecule has 0 saturated carbocycles. The molecule has 0 bridgehead atoms. The van der Waals surface area contributed by atoms with E-state index in [0.29, 0.717) is 18.3 Å². The van der Waals surface area contributed by atoms with Crippen LogP contribution in [-0.2, 0) is 12.4 Å². The Morgan fingerprint density at radius 2 is 1.48 bits per heavy atom. The second-order valence-electron chi connectivity index (χ2n) is 6.34. The van der Waals surface area contributed by atoms with Gasteiger partial charge in [0.2, 0.25) is 4.80 Å². The maximum atomic E-state index is 6.15. The van der Waals surface area contributed by atoms with Gasteiger partial charge in [-0.3, -0.25) is 4.57 Å². The van der Waals surface area contributed by atoms with Crippen molar-refractivity contribution in [2.75, 3.05) is 0 Å². The van der Waals surface area contributed by atoms with Crippen molar-refractivity contribution >= 4 is 34.7 Å². The second-order valence-corrected chi connectivity index (χ2v) is 7.33. The SMILES string of the molecule is ClCc1nsc(=NC(=Nc2ccccc2)c2ccccc2)n1Cc1ccccc1. The zero-order chi connectivity index (χ0) is 19.9. The molecule has 0 aliphatic rings. The number of halogens is 1. The molecular weight excluding hydrogens is 400 g/mol. The fourth-order valence-electron chi connectivity index (χ4n) is 2.86. The monoisotopic (exact) mass is 418 g/mol. The molecule has 0 N–H and O–H groups in total. The standard InChI is InChI=1S/C23H19ClN4S/c24-16-21-27-29-23(28(21)17-18-10-4-1-5-11-18)26-22(19-12-6-2-7-13-19)25-20-14-8-3-9-15-20/h1-15H,16-17H2. The van der Waals surface area contributed by atoms with Gasteiger partial charge >= 0.3 is 0 Å². The number of para-hydroxylation sites is 1. The average Bonchev–Trinajstić information content (AvgIpc) is 3.16. The highest BCUT2D eigenvalue weighted by Gasteiger charge is 2.10. The maximum Gasteiger partial charge on any atom is 0.211 e. The Kier molecular flexibility index (Phi) is 6.29. The summed E-state index contributed by atoms with van der Waals surface area (Å²) < 4.78 is 6.56. The number of hydrogen-bond acceptors (Lipinski definition) is 3. The Hall–Kier alpha value is -3.02. The zero-order valence-corrected chi connectivity index (χ0v) is 17.2. The predicted octanol–water partition coefficient (Wildman–Crippen LogP) is 5.41. The summed E-state index contributed by atoms with van der Waals surface area (Å²) in [5.74, 6) is 1.77. The smallest absolute Gasteiger partial charge is 0.211 e. The molecule has 0 atom stereocenters. The molecule has 4 rings (SSSR count). The van der Waals surface area contributed by atoms with Crippen LogP contribution in [0.3, 0.4) is 0 Å². The van der Waals surface area contributed by atoms with Crippen molar-refractivity contribution in [2.24, 2.45) is 9.98 Å². The second kappa shape index (κ2) is 9.45. The Balaban J connectivity index is 1.83. The minimum absolute atomic E-state index is 0.329. The van der Waals surface area contributed by atoms with Crippen molar-refractivity contribution in [3.05, 3.63) is 113 Å².